The maximum absolute atomic E-state index is 12.1. The van der Waals surface area contributed by atoms with E-state index in [1.165, 1.54) is 11.8 Å². The second-order valence-corrected chi connectivity index (χ2v) is 7.50. The van der Waals surface area contributed by atoms with Crippen LogP contribution in [0, 0.1) is 0 Å². The molecule has 2 fully saturated rings. The number of aromatic amines is 1. The van der Waals surface area contributed by atoms with E-state index < -0.39 is 17.0 Å². The summed E-state index contributed by atoms with van der Waals surface area (Å²) in [6.07, 6.45) is 3.30. The number of aliphatic hydroxyl groups excluding tert-OH is 2. The zero-order chi connectivity index (χ0) is 15.5. The van der Waals surface area contributed by atoms with Gasteiger partial charge in [-0.15, -0.1) is 11.8 Å². The first-order chi connectivity index (χ1) is 10.5. The maximum atomic E-state index is 12.1. The molecule has 8 nitrogen and oxygen atoms in total. The molecule has 22 heavy (non-hydrogen) atoms. The predicted molar refractivity (Wildman–Crippen MR) is 82.4 cm³/mol. The van der Waals surface area contributed by atoms with Gasteiger partial charge in [0.25, 0.3) is 5.56 Å². The smallest absolute Gasteiger partial charge is 0.278 e. The summed E-state index contributed by atoms with van der Waals surface area (Å²) in [7, 11) is 0. The molecule has 3 heterocycles. The number of thioether (sulfide) groups is 1. The van der Waals surface area contributed by atoms with Crippen LogP contribution in [0.3, 0.4) is 0 Å². The number of imidazole rings is 1. The lowest BCUT2D eigenvalue weighted by molar-refractivity contribution is 0.0560. The van der Waals surface area contributed by atoms with Crippen molar-refractivity contribution in [1.29, 1.82) is 0 Å². The van der Waals surface area contributed by atoms with Crippen LogP contribution in [-0.2, 0) is 0 Å². The van der Waals surface area contributed by atoms with Crippen molar-refractivity contribution >= 4 is 28.9 Å². The van der Waals surface area contributed by atoms with Gasteiger partial charge < -0.3 is 20.5 Å². The van der Waals surface area contributed by atoms with E-state index >= 15 is 0 Å². The lowest BCUT2D eigenvalue weighted by atomic mass is 9.95. The SMILES string of the molecule is Nc1nc2ncn([C@H]3C[C@H](O)[C@@]4(CCC[C@@H]4O)S3)c2c(=O)[nH]1. The summed E-state index contributed by atoms with van der Waals surface area (Å²) in [5.74, 6) is 0.0320. The summed E-state index contributed by atoms with van der Waals surface area (Å²) >= 11 is 1.53. The Morgan fingerprint density at radius 1 is 1.45 bits per heavy atom. The highest BCUT2D eigenvalue weighted by molar-refractivity contribution is 8.01. The largest absolute Gasteiger partial charge is 0.392 e. The van der Waals surface area contributed by atoms with E-state index in [1.807, 2.05) is 0 Å². The minimum atomic E-state index is -0.599. The van der Waals surface area contributed by atoms with Gasteiger partial charge in [0.05, 0.1) is 28.7 Å². The number of nitrogens with zero attached hydrogens (tertiary/aromatic N) is 3. The highest BCUT2D eigenvalue weighted by Crippen LogP contribution is 2.57. The van der Waals surface area contributed by atoms with Gasteiger partial charge in [-0.05, 0) is 19.3 Å². The number of nitrogens with two attached hydrogens (primary N) is 1. The second kappa shape index (κ2) is 4.71. The standard InChI is InChI=1S/C13H17N5O3S/c14-12-16-10-9(11(21)17-12)18(5-15-10)8-4-7(20)13(22-8)3-1-2-6(13)19/h5-8,19-20H,1-4H2,(H3,14,16,17,21)/t6-,7-,8+,13-/m0/s1. The van der Waals surface area contributed by atoms with Crippen molar-refractivity contribution in [3.05, 3.63) is 16.7 Å². The summed E-state index contributed by atoms with van der Waals surface area (Å²) in [4.78, 5) is 22.8. The van der Waals surface area contributed by atoms with Gasteiger partial charge in [0.15, 0.2) is 11.2 Å². The van der Waals surface area contributed by atoms with Gasteiger partial charge in [-0.3, -0.25) is 9.78 Å². The van der Waals surface area contributed by atoms with E-state index in [-0.39, 0.29) is 16.9 Å². The molecule has 118 valence electrons. The van der Waals surface area contributed by atoms with Gasteiger partial charge in [0, 0.05) is 6.42 Å². The van der Waals surface area contributed by atoms with Gasteiger partial charge >= 0.3 is 0 Å². The molecule has 1 spiro atoms. The topological polar surface area (TPSA) is 130 Å². The van der Waals surface area contributed by atoms with Crippen LogP contribution in [0.1, 0.15) is 31.1 Å². The number of anilines is 1. The van der Waals surface area contributed by atoms with Crippen LogP contribution in [0.5, 0.6) is 0 Å². The van der Waals surface area contributed by atoms with Crippen molar-refractivity contribution in [2.24, 2.45) is 0 Å². The van der Waals surface area contributed by atoms with Crippen LogP contribution < -0.4 is 11.3 Å². The van der Waals surface area contributed by atoms with Crippen molar-refractivity contribution in [3.63, 3.8) is 0 Å². The third-order valence-corrected chi connectivity index (χ3v) is 6.60. The molecule has 1 aliphatic carbocycles. The number of nitrogen functional groups attached to an aromatic ring is 1. The molecule has 1 aliphatic heterocycles. The lowest BCUT2D eigenvalue weighted by Gasteiger charge is -2.30. The van der Waals surface area contributed by atoms with E-state index in [9.17, 15) is 15.0 Å². The first-order valence-electron chi connectivity index (χ1n) is 7.27. The molecule has 4 rings (SSSR count). The first-order valence-corrected chi connectivity index (χ1v) is 8.15. The number of hydrogen-bond acceptors (Lipinski definition) is 7. The monoisotopic (exact) mass is 323 g/mol. The van der Waals surface area contributed by atoms with Gasteiger partial charge in [0.1, 0.15) is 0 Å². The van der Waals surface area contributed by atoms with E-state index in [1.54, 1.807) is 10.9 Å². The molecule has 2 aromatic rings. The molecular formula is C13H17N5O3S. The highest BCUT2D eigenvalue weighted by atomic mass is 32.2. The fourth-order valence-electron chi connectivity index (χ4n) is 3.64. The first kappa shape index (κ1) is 14.0. The van der Waals surface area contributed by atoms with Crippen molar-refractivity contribution in [2.45, 2.75) is 48.0 Å². The number of fused-ring (bicyclic) bond motifs is 1. The Bertz CT molecular complexity index is 790. The molecule has 5 N–H and O–H groups in total. The molecular weight excluding hydrogens is 306 g/mol. The average Bonchev–Trinajstić information content (AvgIpc) is 3.11. The molecule has 1 saturated heterocycles. The number of nitrogens with one attached hydrogen (secondary N) is 1. The van der Waals surface area contributed by atoms with E-state index in [0.717, 1.165) is 12.8 Å². The molecule has 2 aromatic heterocycles. The quantitative estimate of drug-likeness (QED) is 0.580. The van der Waals surface area contributed by atoms with Gasteiger partial charge in [-0.2, -0.15) is 4.98 Å². The van der Waals surface area contributed by atoms with Crippen LogP contribution in [0.4, 0.5) is 5.95 Å². The fourth-order valence-corrected chi connectivity index (χ4v) is 5.49. The Labute approximate surface area is 129 Å². The Hall–Kier alpha value is -1.58. The molecule has 0 radical (unpaired) electrons. The van der Waals surface area contributed by atoms with Gasteiger partial charge in [0.2, 0.25) is 5.95 Å². The van der Waals surface area contributed by atoms with Crippen LogP contribution in [0.25, 0.3) is 11.2 Å². The van der Waals surface area contributed by atoms with E-state index in [0.29, 0.717) is 24.0 Å². The molecule has 0 bridgehead atoms. The molecule has 4 atom stereocenters. The third kappa shape index (κ3) is 1.82. The van der Waals surface area contributed by atoms with Crippen LogP contribution in [-0.4, -0.2) is 46.7 Å². The number of hydrogen-bond donors (Lipinski definition) is 4. The van der Waals surface area contributed by atoms with Crippen molar-refractivity contribution in [1.82, 2.24) is 19.5 Å². The van der Waals surface area contributed by atoms with Crippen LogP contribution in [0.15, 0.2) is 11.1 Å². The summed E-state index contributed by atoms with van der Waals surface area (Å²) in [6.45, 7) is 0. The zero-order valence-electron chi connectivity index (χ0n) is 11.8. The molecule has 0 unspecified atom stereocenters. The van der Waals surface area contributed by atoms with Crippen LogP contribution >= 0.6 is 11.8 Å². The highest BCUT2D eigenvalue weighted by Gasteiger charge is 2.55. The summed E-state index contributed by atoms with van der Waals surface area (Å²) in [5, 5.41) is 20.6. The number of aromatic nitrogens is 4. The normalized spacial score (nSPS) is 34.9. The van der Waals surface area contributed by atoms with E-state index in [2.05, 4.69) is 15.0 Å². The van der Waals surface area contributed by atoms with Crippen molar-refractivity contribution in [2.75, 3.05) is 5.73 Å². The fraction of sp³-hybridized carbons (Fsp3) is 0.615. The second-order valence-electron chi connectivity index (χ2n) is 5.96. The zero-order valence-corrected chi connectivity index (χ0v) is 12.6. The van der Waals surface area contributed by atoms with Gasteiger partial charge in [-0.25, -0.2) is 4.98 Å². The minimum Gasteiger partial charge on any atom is -0.392 e. The van der Waals surface area contributed by atoms with Crippen molar-refractivity contribution in [3.8, 4) is 0 Å². The Morgan fingerprint density at radius 3 is 3.00 bits per heavy atom. The maximum Gasteiger partial charge on any atom is 0.278 e. The Morgan fingerprint density at radius 2 is 2.27 bits per heavy atom. The third-order valence-electron chi connectivity index (χ3n) is 4.72. The Balaban J connectivity index is 1.77. The van der Waals surface area contributed by atoms with Crippen LogP contribution in [0.2, 0.25) is 0 Å². The molecule has 1 saturated carbocycles. The van der Waals surface area contributed by atoms with E-state index in [4.69, 9.17) is 5.73 Å². The summed E-state index contributed by atoms with van der Waals surface area (Å²) in [5.41, 5.74) is 5.83. The predicted octanol–water partition coefficient (Wildman–Crippen LogP) is -0.0182. The number of rotatable bonds is 1. The van der Waals surface area contributed by atoms with Gasteiger partial charge in [-0.1, -0.05) is 0 Å². The summed E-state index contributed by atoms with van der Waals surface area (Å²) < 4.78 is 1.20. The summed E-state index contributed by atoms with van der Waals surface area (Å²) in [6, 6.07) is 0. The lowest BCUT2D eigenvalue weighted by Crippen LogP contribution is -2.41. The molecule has 2 aliphatic rings. The van der Waals surface area contributed by atoms with Crippen molar-refractivity contribution < 1.29 is 10.2 Å². The number of aliphatic hydroxyl groups is 2. The molecule has 9 heteroatoms. The molecule has 0 amide bonds. The average molecular weight is 323 g/mol. The number of H-pyrrole nitrogens is 1. The molecule has 0 aromatic carbocycles. The minimum absolute atomic E-state index is 0.0320. The Kier molecular flexibility index (Phi) is 3.00.